The van der Waals surface area contributed by atoms with Crippen molar-refractivity contribution in [2.75, 3.05) is 0 Å². The second kappa shape index (κ2) is 2.86. The van der Waals surface area contributed by atoms with Gasteiger partial charge in [-0.05, 0) is 12.5 Å². The van der Waals surface area contributed by atoms with Gasteiger partial charge in [0.2, 0.25) is 0 Å². The average molecular weight is 216 g/mol. The van der Waals surface area contributed by atoms with Gasteiger partial charge in [-0.3, -0.25) is 0 Å². The third-order valence-corrected chi connectivity index (χ3v) is 2.65. The summed E-state index contributed by atoms with van der Waals surface area (Å²) in [6.07, 6.45) is 1.61. The van der Waals surface area contributed by atoms with E-state index in [4.69, 9.17) is 23.2 Å². The zero-order valence-corrected chi connectivity index (χ0v) is 8.69. The molecule has 68 valence electrons. The van der Waals surface area contributed by atoms with Crippen molar-refractivity contribution in [3.05, 3.63) is 21.9 Å². The van der Waals surface area contributed by atoms with Crippen LogP contribution in [0.1, 0.15) is 5.56 Å². The Bertz CT molecular complexity index is 476. The summed E-state index contributed by atoms with van der Waals surface area (Å²) in [4.78, 5) is 4.15. The predicted octanol–water partition coefficient (Wildman–Crippen LogP) is 2.58. The molecule has 2 aromatic rings. The van der Waals surface area contributed by atoms with E-state index in [9.17, 15) is 0 Å². The largest absolute Gasteiger partial charge is 0.249 e. The second-order valence-electron chi connectivity index (χ2n) is 2.84. The van der Waals surface area contributed by atoms with Crippen LogP contribution in [-0.4, -0.2) is 14.8 Å². The summed E-state index contributed by atoms with van der Waals surface area (Å²) in [7, 11) is 1.80. The molecular weight excluding hydrogens is 209 g/mol. The minimum Gasteiger partial charge on any atom is -0.249 e. The first-order valence-corrected chi connectivity index (χ1v) is 4.50. The molecule has 0 aliphatic carbocycles. The Morgan fingerprint density at radius 2 is 2.08 bits per heavy atom. The van der Waals surface area contributed by atoms with E-state index >= 15 is 0 Å². The van der Waals surface area contributed by atoms with Crippen molar-refractivity contribution in [2.24, 2.45) is 7.05 Å². The molecule has 0 aromatic carbocycles. The van der Waals surface area contributed by atoms with Gasteiger partial charge in [-0.15, -0.1) is 0 Å². The highest BCUT2D eigenvalue weighted by Gasteiger charge is 2.11. The summed E-state index contributed by atoms with van der Waals surface area (Å²) in [5.74, 6) is 0. The van der Waals surface area contributed by atoms with Crippen LogP contribution in [-0.2, 0) is 7.05 Å². The first-order valence-electron chi connectivity index (χ1n) is 3.74. The van der Waals surface area contributed by atoms with Crippen LogP contribution in [0, 0.1) is 6.92 Å². The van der Waals surface area contributed by atoms with Gasteiger partial charge in [0, 0.05) is 13.2 Å². The Kier molecular flexibility index (Phi) is 1.93. The van der Waals surface area contributed by atoms with Gasteiger partial charge in [0.25, 0.3) is 0 Å². The molecule has 0 spiro atoms. The molecule has 0 bridgehead atoms. The number of rotatable bonds is 0. The van der Waals surface area contributed by atoms with E-state index in [1.807, 2.05) is 6.92 Å². The molecule has 5 heteroatoms. The molecule has 0 aliphatic heterocycles. The number of pyridine rings is 1. The molecular formula is C8H7Cl2N3. The van der Waals surface area contributed by atoms with Crippen molar-refractivity contribution in [1.29, 1.82) is 0 Å². The van der Waals surface area contributed by atoms with Crippen molar-refractivity contribution in [3.63, 3.8) is 0 Å². The quantitative estimate of drug-likeness (QED) is 0.677. The van der Waals surface area contributed by atoms with E-state index in [2.05, 4.69) is 10.1 Å². The Hall–Kier alpha value is -0.800. The molecule has 0 saturated heterocycles. The van der Waals surface area contributed by atoms with Gasteiger partial charge in [-0.25, -0.2) is 9.67 Å². The summed E-state index contributed by atoms with van der Waals surface area (Å²) in [6, 6.07) is 0. The molecule has 2 heterocycles. The van der Waals surface area contributed by atoms with E-state index in [1.54, 1.807) is 17.9 Å². The van der Waals surface area contributed by atoms with E-state index in [-0.39, 0.29) is 0 Å². The van der Waals surface area contributed by atoms with Gasteiger partial charge >= 0.3 is 0 Å². The van der Waals surface area contributed by atoms with Crippen molar-refractivity contribution >= 4 is 34.2 Å². The maximum absolute atomic E-state index is 5.92. The highest BCUT2D eigenvalue weighted by Crippen LogP contribution is 2.28. The van der Waals surface area contributed by atoms with E-state index in [0.717, 1.165) is 16.6 Å². The Balaban J connectivity index is 2.98. The smallest absolute Gasteiger partial charge is 0.160 e. The maximum Gasteiger partial charge on any atom is 0.160 e. The van der Waals surface area contributed by atoms with E-state index in [0.29, 0.717) is 10.2 Å². The summed E-state index contributed by atoms with van der Waals surface area (Å²) >= 11 is 11.8. The monoisotopic (exact) mass is 215 g/mol. The molecule has 0 atom stereocenters. The molecule has 0 radical (unpaired) electrons. The van der Waals surface area contributed by atoms with E-state index < -0.39 is 0 Å². The van der Waals surface area contributed by atoms with Gasteiger partial charge in [0.1, 0.15) is 0 Å². The molecule has 0 unspecified atom stereocenters. The third-order valence-electron chi connectivity index (χ3n) is 2.01. The van der Waals surface area contributed by atoms with Crippen LogP contribution in [0.2, 0.25) is 10.2 Å². The number of fused-ring (bicyclic) bond motifs is 1. The average Bonchev–Trinajstić information content (AvgIpc) is 2.35. The fourth-order valence-corrected chi connectivity index (χ4v) is 1.77. The van der Waals surface area contributed by atoms with Crippen LogP contribution in [0.4, 0.5) is 0 Å². The van der Waals surface area contributed by atoms with Crippen molar-refractivity contribution in [3.8, 4) is 0 Å². The lowest BCUT2D eigenvalue weighted by Gasteiger charge is -1.98. The fourth-order valence-electron chi connectivity index (χ4n) is 1.29. The van der Waals surface area contributed by atoms with Gasteiger partial charge in [-0.1, -0.05) is 23.2 Å². The van der Waals surface area contributed by atoms with E-state index in [1.165, 1.54) is 0 Å². The lowest BCUT2D eigenvalue weighted by atomic mass is 10.2. The molecule has 0 amide bonds. The highest BCUT2D eigenvalue weighted by molar-refractivity contribution is 6.36. The van der Waals surface area contributed by atoms with Gasteiger partial charge in [0.15, 0.2) is 10.8 Å². The zero-order valence-electron chi connectivity index (χ0n) is 7.17. The maximum atomic E-state index is 5.92. The van der Waals surface area contributed by atoms with Crippen LogP contribution < -0.4 is 0 Å². The zero-order chi connectivity index (χ0) is 9.59. The van der Waals surface area contributed by atoms with Gasteiger partial charge < -0.3 is 0 Å². The Morgan fingerprint density at radius 1 is 1.38 bits per heavy atom. The molecule has 2 aromatic heterocycles. The topological polar surface area (TPSA) is 30.7 Å². The van der Waals surface area contributed by atoms with Crippen LogP contribution in [0.15, 0.2) is 6.20 Å². The molecule has 13 heavy (non-hydrogen) atoms. The fraction of sp³-hybridized carbons (Fsp3) is 0.250. The molecule has 0 saturated carbocycles. The first-order chi connectivity index (χ1) is 6.11. The summed E-state index contributed by atoms with van der Waals surface area (Å²) < 4.78 is 1.64. The number of aryl methyl sites for hydroxylation is 2. The minimum absolute atomic E-state index is 0.449. The second-order valence-corrected chi connectivity index (χ2v) is 3.61. The lowest BCUT2D eigenvalue weighted by molar-refractivity contribution is 0.787. The Morgan fingerprint density at radius 3 is 2.77 bits per heavy atom. The number of nitrogens with zero attached hydrogens (tertiary/aromatic N) is 3. The number of hydrogen-bond donors (Lipinski definition) is 0. The highest BCUT2D eigenvalue weighted by atomic mass is 35.5. The summed E-state index contributed by atoms with van der Waals surface area (Å²) in [5.41, 5.74) is 1.68. The van der Waals surface area contributed by atoms with Crippen LogP contribution in [0.25, 0.3) is 11.0 Å². The van der Waals surface area contributed by atoms with Gasteiger partial charge in [-0.2, -0.15) is 5.10 Å². The van der Waals surface area contributed by atoms with Crippen molar-refractivity contribution in [2.45, 2.75) is 6.92 Å². The van der Waals surface area contributed by atoms with Crippen molar-refractivity contribution < 1.29 is 0 Å². The molecule has 0 N–H and O–H groups in total. The van der Waals surface area contributed by atoms with Crippen LogP contribution >= 0.6 is 23.2 Å². The minimum atomic E-state index is 0.449. The summed E-state index contributed by atoms with van der Waals surface area (Å²) in [6.45, 7) is 1.90. The van der Waals surface area contributed by atoms with Crippen molar-refractivity contribution in [1.82, 2.24) is 14.8 Å². The molecule has 0 fully saturated rings. The third kappa shape index (κ3) is 1.19. The molecule has 0 aliphatic rings. The SMILES string of the molecule is Cc1c(Cl)cnc2c1c(Cl)nn2C. The normalized spacial score (nSPS) is 11.1. The molecule has 3 nitrogen and oxygen atoms in total. The van der Waals surface area contributed by atoms with Gasteiger partial charge in [0.05, 0.1) is 10.4 Å². The summed E-state index contributed by atoms with van der Waals surface area (Å²) in [5, 5.41) is 5.95. The number of aromatic nitrogens is 3. The Labute approximate surface area is 85.3 Å². The lowest BCUT2D eigenvalue weighted by Crippen LogP contribution is -1.91. The standard InChI is InChI=1S/C8H7Cl2N3/c1-4-5(9)3-11-8-6(4)7(10)12-13(8)2/h3H,1-2H3. The first kappa shape index (κ1) is 8.78. The number of hydrogen-bond acceptors (Lipinski definition) is 2. The van der Waals surface area contributed by atoms with Crippen LogP contribution in [0.3, 0.4) is 0 Å². The molecule has 2 rings (SSSR count). The predicted molar refractivity (Wildman–Crippen MR) is 53.3 cm³/mol. The number of halogens is 2. The van der Waals surface area contributed by atoms with Crippen LogP contribution in [0.5, 0.6) is 0 Å².